The Bertz CT molecular complexity index is 1010. The number of allylic oxidation sites excluding steroid dienone is 3. The van der Waals surface area contributed by atoms with E-state index >= 15 is 0 Å². The number of ketones is 1. The van der Waals surface area contributed by atoms with Crippen LogP contribution in [0.4, 0.5) is 0 Å². The molecular formula is C25H28O4. The second-order valence-corrected chi connectivity index (χ2v) is 7.98. The van der Waals surface area contributed by atoms with E-state index in [-0.39, 0.29) is 28.4 Å². The van der Waals surface area contributed by atoms with Crippen LogP contribution in [-0.4, -0.2) is 22.6 Å². The third-order valence-corrected chi connectivity index (χ3v) is 5.12. The number of carbonyl (C=O) groups excluding carboxylic acids is 1. The van der Waals surface area contributed by atoms with E-state index in [1.54, 1.807) is 6.07 Å². The van der Waals surface area contributed by atoms with Crippen molar-refractivity contribution >= 4 is 5.78 Å². The predicted molar refractivity (Wildman–Crippen MR) is 115 cm³/mol. The average Bonchev–Trinajstić information content (AvgIpc) is 2.60. The van der Waals surface area contributed by atoms with Crippen molar-refractivity contribution in [3.63, 3.8) is 0 Å². The molecule has 2 aromatic rings. The normalized spacial score (nSPS) is 13.0. The lowest BCUT2D eigenvalue weighted by atomic mass is 9.83. The first-order valence-electron chi connectivity index (χ1n) is 9.91. The maximum Gasteiger partial charge on any atom is 0.201 e. The van der Waals surface area contributed by atoms with Crippen LogP contribution in [0.15, 0.2) is 47.6 Å². The van der Waals surface area contributed by atoms with Gasteiger partial charge in [0.2, 0.25) is 5.78 Å². The topological polar surface area (TPSA) is 66.8 Å². The van der Waals surface area contributed by atoms with Crippen molar-refractivity contribution in [2.24, 2.45) is 0 Å². The molecule has 0 heterocycles. The van der Waals surface area contributed by atoms with Gasteiger partial charge in [-0.05, 0) is 81.9 Å². The Kier molecular flexibility index (Phi) is 6.12. The predicted octanol–water partition coefficient (Wildman–Crippen LogP) is 5.61. The summed E-state index contributed by atoms with van der Waals surface area (Å²) in [6.07, 6.45) is 6.72. The molecule has 2 N–H and O–H groups in total. The summed E-state index contributed by atoms with van der Waals surface area (Å²) in [5.41, 5.74) is 5.47. The zero-order valence-electron chi connectivity index (χ0n) is 17.5. The number of aryl methyl sites for hydroxylation is 1. The summed E-state index contributed by atoms with van der Waals surface area (Å²) in [5.74, 6) is 0.0296. The summed E-state index contributed by atoms with van der Waals surface area (Å²) in [6, 6.07) is 6.75. The molecule has 0 aliphatic heterocycles. The summed E-state index contributed by atoms with van der Waals surface area (Å²) in [7, 11) is 0. The van der Waals surface area contributed by atoms with Gasteiger partial charge in [0.25, 0.3) is 0 Å². The lowest BCUT2D eigenvalue weighted by molar-refractivity contribution is 0.102. The van der Waals surface area contributed by atoms with Gasteiger partial charge in [-0.25, -0.2) is 0 Å². The molecule has 0 spiro atoms. The van der Waals surface area contributed by atoms with Gasteiger partial charge in [-0.2, -0.15) is 0 Å². The number of phenols is 2. The van der Waals surface area contributed by atoms with Crippen LogP contribution in [0, 0.1) is 6.92 Å². The number of ether oxygens (including phenoxy) is 1. The molecule has 0 saturated heterocycles. The molecule has 4 heteroatoms. The lowest BCUT2D eigenvalue weighted by Gasteiger charge is -2.21. The van der Waals surface area contributed by atoms with E-state index in [2.05, 4.69) is 26.8 Å². The van der Waals surface area contributed by atoms with E-state index in [9.17, 15) is 15.0 Å². The van der Waals surface area contributed by atoms with Crippen LogP contribution in [0.25, 0.3) is 0 Å². The first-order valence-corrected chi connectivity index (χ1v) is 9.91. The first kappa shape index (κ1) is 20.7. The SMILES string of the molecule is CC(C)=CCC/C(C)=C/COc1cc(O)c2c(c1)Cc1cc(C)cc(O)c1C2=O. The van der Waals surface area contributed by atoms with Crippen LogP contribution < -0.4 is 4.74 Å². The highest BCUT2D eigenvalue weighted by atomic mass is 16.5. The van der Waals surface area contributed by atoms with Gasteiger partial charge in [-0.3, -0.25) is 4.79 Å². The van der Waals surface area contributed by atoms with Crippen LogP contribution in [0.3, 0.4) is 0 Å². The quantitative estimate of drug-likeness (QED) is 0.535. The number of hydrogen-bond donors (Lipinski definition) is 2. The molecule has 1 aliphatic carbocycles. The molecule has 2 aromatic carbocycles. The highest BCUT2D eigenvalue weighted by molar-refractivity contribution is 6.15. The van der Waals surface area contributed by atoms with Crippen molar-refractivity contribution in [3.05, 3.63) is 75.4 Å². The Morgan fingerprint density at radius 3 is 2.34 bits per heavy atom. The van der Waals surface area contributed by atoms with Crippen molar-refractivity contribution < 1.29 is 19.7 Å². The van der Waals surface area contributed by atoms with Crippen LogP contribution >= 0.6 is 0 Å². The summed E-state index contributed by atoms with van der Waals surface area (Å²) < 4.78 is 5.81. The van der Waals surface area contributed by atoms with E-state index in [0.717, 1.165) is 24.0 Å². The number of benzene rings is 2. The van der Waals surface area contributed by atoms with Gasteiger partial charge in [-0.15, -0.1) is 0 Å². The summed E-state index contributed by atoms with van der Waals surface area (Å²) >= 11 is 0. The molecule has 0 aromatic heterocycles. The van der Waals surface area contributed by atoms with Gasteiger partial charge >= 0.3 is 0 Å². The first-order chi connectivity index (χ1) is 13.8. The number of aromatic hydroxyl groups is 2. The zero-order valence-corrected chi connectivity index (χ0v) is 17.5. The highest BCUT2D eigenvalue weighted by Crippen LogP contribution is 2.39. The molecule has 0 fully saturated rings. The van der Waals surface area contributed by atoms with Crippen molar-refractivity contribution in [1.82, 2.24) is 0 Å². The van der Waals surface area contributed by atoms with Crippen molar-refractivity contribution in [3.8, 4) is 17.2 Å². The molecule has 0 unspecified atom stereocenters. The van der Waals surface area contributed by atoms with E-state index < -0.39 is 0 Å². The molecule has 29 heavy (non-hydrogen) atoms. The van der Waals surface area contributed by atoms with Crippen molar-refractivity contribution in [2.75, 3.05) is 6.61 Å². The summed E-state index contributed by atoms with van der Waals surface area (Å²) in [4.78, 5) is 12.8. The standard InChI is InChI=1S/C25H28O4/c1-15(2)6-5-7-16(3)8-9-29-20-13-19-12-18-10-17(4)11-21(26)23(18)25(28)24(19)22(27)14-20/h6,8,10-11,13-14,26-27H,5,7,9,12H2,1-4H3/b16-8+. The van der Waals surface area contributed by atoms with E-state index in [1.165, 1.54) is 17.2 Å². The Morgan fingerprint density at radius 2 is 1.66 bits per heavy atom. The average molecular weight is 392 g/mol. The van der Waals surface area contributed by atoms with Gasteiger partial charge in [0.1, 0.15) is 23.9 Å². The third-order valence-electron chi connectivity index (χ3n) is 5.12. The van der Waals surface area contributed by atoms with Crippen molar-refractivity contribution in [2.45, 2.75) is 47.0 Å². The molecule has 3 rings (SSSR count). The fraction of sp³-hybridized carbons (Fsp3) is 0.320. The Balaban J connectivity index is 1.76. The van der Waals surface area contributed by atoms with Gasteiger partial charge < -0.3 is 14.9 Å². The molecule has 0 saturated carbocycles. The van der Waals surface area contributed by atoms with Crippen LogP contribution in [0.5, 0.6) is 17.2 Å². The van der Waals surface area contributed by atoms with Gasteiger partial charge in [-0.1, -0.05) is 23.3 Å². The zero-order chi connectivity index (χ0) is 21.1. The van der Waals surface area contributed by atoms with E-state index in [0.29, 0.717) is 24.3 Å². The molecule has 1 aliphatic rings. The molecule has 4 nitrogen and oxygen atoms in total. The second kappa shape index (κ2) is 8.56. The summed E-state index contributed by atoms with van der Waals surface area (Å²) in [6.45, 7) is 8.55. The molecular weight excluding hydrogens is 364 g/mol. The monoisotopic (exact) mass is 392 g/mol. The molecule has 0 amide bonds. The largest absolute Gasteiger partial charge is 0.507 e. The van der Waals surface area contributed by atoms with Gasteiger partial charge in [0.15, 0.2) is 0 Å². The van der Waals surface area contributed by atoms with Gasteiger partial charge in [0, 0.05) is 6.07 Å². The molecule has 0 atom stereocenters. The van der Waals surface area contributed by atoms with Crippen LogP contribution in [-0.2, 0) is 6.42 Å². The number of carbonyl (C=O) groups is 1. The Morgan fingerprint density at radius 1 is 1.00 bits per heavy atom. The van der Waals surface area contributed by atoms with Crippen molar-refractivity contribution in [1.29, 1.82) is 0 Å². The molecule has 152 valence electrons. The number of rotatable bonds is 6. The minimum Gasteiger partial charge on any atom is -0.507 e. The Hall–Kier alpha value is -3.01. The lowest BCUT2D eigenvalue weighted by Crippen LogP contribution is -2.16. The fourth-order valence-corrected chi connectivity index (χ4v) is 3.69. The van der Waals surface area contributed by atoms with E-state index in [1.807, 2.05) is 25.1 Å². The smallest absolute Gasteiger partial charge is 0.201 e. The molecule has 0 bridgehead atoms. The Labute approximate surface area is 172 Å². The van der Waals surface area contributed by atoms with E-state index in [4.69, 9.17) is 4.74 Å². The summed E-state index contributed by atoms with van der Waals surface area (Å²) in [5, 5.41) is 20.7. The van der Waals surface area contributed by atoms with Crippen LogP contribution in [0.2, 0.25) is 0 Å². The minimum atomic E-state index is -0.349. The second-order valence-electron chi connectivity index (χ2n) is 7.98. The number of hydrogen-bond acceptors (Lipinski definition) is 4. The minimum absolute atomic E-state index is 0.0379. The highest BCUT2D eigenvalue weighted by Gasteiger charge is 2.29. The molecule has 0 radical (unpaired) electrons. The third kappa shape index (κ3) is 4.70. The van der Waals surface area contributed by atoms with Crippen LogP contribution in [0.1, 0.15) is 66.2 Å². The number of phenolic OH excluding ortho intramolecular Hbond substituents is 2. The fourth-order valence-electron chi connectivity index (χ4n) is 3.69. The number of fused-ring (bicyclic) bond motifs is 2. The maximum atomic E-state index is 12.8. The maximum absolute atomic E-state index is 12.8. The van der Waals surface area contributed by atoms with Gasteiger partial charge in [0.05, 0.1) is 11.1 Å².